The molecule has 0 aliphatic rings. The molecule has 2 rings (SSSR count). The first-order valence-corrected chi connectivity index (χ1v) is 7.74. The molecular weight excluding hydrogens is 370 g/mol. The number of halogens is 3. The number of methoxy groups -OCH3 is 1. The molecule has 0 aliphatic carbocycles. The summed E-state index contributed by atoms with van der Waals surface area (Å²) in [4.78, 5) is 23.9. The summed E-state index contributed by atoms with van der Waals surface area (Å²) in [5, 5.41) is 0.503. The maximum Gasteiger partial charge on any atom is 0.273 e. The predicted molar refractivity (Wildman–Crippen MR) is 94.1 cm³/mol. The fourth-order valence-electron chi connectivity index (χ4n) is 1.91. The van der Waals surface area contributed by atoms with E-state index in [1.165, 1.54) is 43.5 Å². The van der Waals surface area contributed by atoms with Crippen molar-refractivity contribution in [3.63, 3.8) is 0 Å². The van der Waals surface area contributed by atoms with Crippen molar-refractivity contribution in [2.45, 2.75) is 0 Å². The third-order valence-corrected chi connectivity index (χ3v) is 3.67. The van der Waals surface area contributed by atoms with Crippen molar-refractivity contribution < 1.29 is 18.7 Å². The Bertz CT molecular complexity index is 820. The van der Waals surface area contributed by atoms with Crippen LogP contribution in [0.4, 0.5) is 4.39 Å². The molecule has 2 aromatic rings. The Labute approximate surface area is 153 Å². The van der Waals surface area contributed by atoms with Crippen LogP contribution >= 0.6 is 23.2 Å². The first kappa shape index (κ1) is 18.8. The van der Waals surface area contributed by atoms with E-state index in [9.17, 15) is 14.0 Å². The normalized spacial score (nSPS) is 10.6. The number of carbonyl (C=O) groups excluding carboxylic acids is 2. The van der Waals surface area contributed by atoms with Gasteiger partial charge in [0.2, 0.25) is 0 Å². The van der Waals surface area contributed by atoms with E-state index >= 15 is 0 Å². The van der Waals surface area contributed by atoms with Crippen molar-refractivity contribution in [3.05, 3.63) is 69.5 Å². The number of rotatable bonds is 4. The van der Waals surface area contributed by atoms with Crippen LogP contribution in [-0.2, 0) is 4.79 Å². The van der Waals surface area contributed by atoms with Gasteiger partial charge in [-0.3, -0.25) is 20.4 Å². The number of amides is 2. The number of ether oxygens (including phenoxy) is 1. The van der Waals surface area contributed by atoms with Gasteiger partial charge in [-0.05, 0) is 36.4 Å². The molecule has 130 valence electrons. The number of hydrogen-bond acceptors (Lipinski definition) is 3. The SMILES string of the molecule is COc1ccc(Cl)cc1C(=O)NNC(=O)/C=C/c1c(F)cccc1Cl. The van der Waals surface area contributed by atoms with Gasteiger partial charge in [0, 0.05) is 16.7 Å². The highest BCUT2D eigenvalue weighted by Crippen LogP contribution is 2.22. The molecule has 8 heteroatoms. The highest BCUT2D eigenvalue weighted by Gasteiger charge is 2.13. The van der Waals surface area contributed by atoms with E-state index in [0.717, 1.165) is 6.08 Å². The Morgan fingerprint density at radius 1 is 1.16 bits per heavy atom. The quantitative estimate of drug-likeness (QED) is 0.626. The summed E-state index contributed by atoms with van der Waals surface area (Å²) in [6.07, 6.45) is 2.25. The zero-order valence-corrected chi connectivity index (χ0v) is 14.5. The molecule has 0 aliphatic heterocycles. The lowest BCUT2D eigenvalue weighted by Gasteiger charge is -2.09. The van der Waals surface area contributed by atoms with Gasteiger partial charge in [0.1, 0.15) is 11.6 Å². The standard InChI is InChI=1S/C17H13Cl2FN2O3/c1-25-15-7-5-10(18)9-12(15)17(24)22-21-16(23)8-6-11-13(19)3-2-4-14(11)20/h2-9H,1H3,(H,21,23)(H,22,24)/b8-6+. The van der Waals surface area contributed by atoms with Crippen molar-refractivity contribution in [1.29, 1.82) is 0 Å². The van der Waals surface area contributed by atoms with Gasteiger partial charge in [0.25, 0.3) is 11.8 Å². The van der Waals surface area contributed by atoms with Crippen LogP contribution < -0.4 is 15.6 Å². The minimum atomic E-state index is -0.673. The van der Waals surface area contributed by atoms with E-state index in [-0.39, 0.29) is 16.1 Å². The Morgan fingerprint density at radius 3 is 2.60 bits per heavy atom. The average Bonchev–Trinajstić information content (AvgIpc) is 2.59. The van der Waals surface area contributed by atoms with Crippen LogP contribution in [0.1, 0.15) is 15.9 Å². The zero-order chi connectivity index (χ0) is 18.4. The number of nitrogens with one attached hydrogen (secondary N) is 2. The second-order valence-corrected chi connectivity index (χ2v) is 5.60. The molecule has 5 nitrogen and oxygen atoms in total. The molecule has 0 saturated heterocycles. The number of hydrogen-bond donors (Lipinski definition) is 2. The average molecular weight is 383 g/mol. The van der Waals surface area contributed by atoms with Crippen molar-refractivity contribution in [2.24, 2.45) is 0 Å². The summed E-state index contributed by atoms with van der Waals surface area (Å²) in [5.41, 5.74) is 4.60. The summed E-state index contributed by atoms with van der Waals surface area (Å²) in [7, 11) is 1.40. The third kappa shape index (κ3) is 4.95. The summed E-state index contributed by atoms with van der Waals surface area (Å²) in [6, 6.07) is 8.66. The molecule has 0 fully saturated rings. The molecule has 0 bridgehead atoms. The Kier molecular flexibility index (Phi) is 6.38. The molecule has 0 saturated carbocycles. The van der Waals surface area contributed by atoms with Gasteiger partial charge in [-0.1, -0.05) is 29.3 Å². The van der Waals surface area contributed by atoms with E-state index in [1.807, 2.05) is 0 Å². The smallest absolute Gasteiger partial charge is 0.273 e. The first-order chi connectivity index (χ1) is 11.9. The van der Waals surface area contributed by atoms with Crippen LogP contribution in [-0.4, -0.2) is 18.9 Å². The molecule has 2 amide bonds. The van der Waals surface area contributed by atoms with Crippen LogP contribution in [0.3, 0.4) is 0 Å². The second-order valence-electron chi connectivity index (χ2n) is 4.76. The van der Waals surface area contributed by atoms with Gasteiger partial charge in [0.15, 0.2) is 0 Å². The van der Waals surface area contributed by atoms with E-state index in [4.69, 9.17) is 27.9 Å². The van der Waals surface area contributed by atoms with E-state index in [2.05, 4.69) is 10.9 Å². The molecule has 0 spiro atoms. The van der Waals surface area contributed by atoms with Crippen LogP contribution in [0, 0.1) is 5.82 Å². The summed E-state index contributed by atoms with van der Waals surface area (Å²) in [5.74, 6) is -1.56. The molecule has 0 unspecified atom stereocenters. The van der Waals surface area contributed by atoms with Crippen molar-refractivity contribution >= 4 is 41.1 Å². The second kappa shape index (κ2) is 8.50. The highest BCUT2D eigenvalue weighted by atomic mass is 35.5. The van der Waals surface area contributed by atoms with Crippen molar-refractivity contribution in [2.75, 3.05) is 7.11 Å². The van der Waals surface area contributed by atoms with Crippen LogP contribution in [0.2, 0.25) is 10.0 Å². The largest absolute Gasteiger partial charge is 0.496 e. The summed E-state index contributed by atoms with van der Waals surface area (Å²) in [6.45, 7) is 0. The van der Waals surface area contributed by atoms with Gasteiger partial charge in [-0.25, -0.2) is 4.39 Å². The van der Waals surface area contributed by atoms with E-state index < -0.39 is 17.6 Å². The third-order valence-electron chi connectivity index (χ3n) is 3.11. The Hall–Kier alpha value is -2.57. The van der Waals surface area contributed by atoms with Crippen LogP contribution in [0.25, 0.3) is 6.08 Å². The highest BCUT2D eigenvalue weighted by molar-refractivity contribution is 6.32. The fourth-order valence-corrected chi connectivity index (χ4v) is 2.31. The van der Waals surface area contributed by atoms with Gasteiger partial charge >= 0.3 is 0 Å². The van der Waals surface area contributed by atoms with E-state index in [1.54, 1.807) is 6.07 Å². The molecule has 0 aromatic heterocycles. The number of benzene rings is 2. The molecule has 0 heterocycles. The molecule has 25 heavy (non-hydrogen) atoms. The summed E-state index contributed by atoms with van der Waals surface area (Å²) >= 11 is 11.7. The number of hydrazine groups is 1. The summed E-state index contributed by atoms with van der Waals surface area (Å²) < 4.78 is 18.7. The lowest BCUT2D eigenvalue weighted by atomic mass is 10.2. The van der Waals surface area contributed by atoms with Gasteiger partial charge in [0.05, 0.1) is 17.7 Å². The maximum absolute atomic E-state index is 13.6. The lowest BCUT2D eigenvalue weighted by Crippen LogP contribution is -2.40. The van der Waals surface area contributed by atoms with E-state index in [0.29, 0.717) is 10.8 Å². The molecule has 2 aromatic carbocycles. The minimum Gasteiger partial charge on any atom is -0.496 e. The Balaban J connectivity index is 2.02. The maximum atomic E-state index is 13.6. The molecular formula is C17H13Cl2FN2O3. The molecule has 0 atom stereocenters. The first-order valence-electron chi connectivity index (χ1n) is 6.98. The van der Waals surface area contributed by atoms with Crippen LogP contribution in [0.15, 0.2) is 42.5 Å². The van der Waals surface area contributed by atoms with Gasteiger partial charge < -0.3 is 4.74 Å². The minimum absolute atomic E-state index is 0.0714. The monoisotopic (exact) mass is 382 g/mol. The molecule has 2 N–H and O–H groups in total. The number of carbonyl (C=O) groups is 2. The topological polar surface area (TPSA) is 67.4 Å². The predicted octanol–water partition coefficient (Wildman–Crippen LogP) is 3.62. The zero-order valence-electron chi connectivity index (χ0n) is 13.0. The molecule has 0 radical (unpaired) electrons. The fraction of sp³-hybridized carbons (Fsp3) is 0.0588. The van der Waals surface area contributed by atoms with Gasteiger partial charge in [-0.15, -0.1) is 0 Å². The van der Waals surface area contributed by atoms with Gasteiger partial charge in [-0.2, -0.15) is 0 Å². The lowest BCUT2D eigenvalue weighted by molar-refractivity contribution is -0.117. The van der Waals surface area contributed by atoms with Crippen molar-refractivity contribution in [1.82, 2.24) is 10.9 Å². The van der Waals surface area contributed by atoms with Crippen molar-refractivity contribution in [3.8, 4) is 5.75 Å². The Morgan fingerprint density at radius 2 is 1.92 bits per heavy atom. The van der Waals surface area contributed by atoms with Crippen LogP contribution in [0.5, 0.6) is 5.75 Å².